The maximum Gasteiger partial charge on any atom is 0.424 e. The van der Waals surface area contributed by atoms with Gasteiger partial charge < -0.3 is 9.47 Å². The molecule has 0 unspecified atom stereocenters. The number of ether oxygens (including phenoxy) is 2. The van der Waals surface area contributed by atoms with Gasteiger partial charge in [0.05, 0.1) is 11.8 Å². The lowest BCUT2D eigenvalue weighted by Crippen LogP contribution is -2.56. The molecule has 25 heavy (non-hydrogen) atoms. The van der Waals surface area contributed by atoms with Gasteiger partial charge in [-0.15, -0.1) is 0 Å². The van der Waals surface area contributed by atoms with Gasteiger partial charge in [-0.2, -0.15) is 9.29 Å². The molecular weight excluding hydrogens is 338 g/mol. The van der Waals surface area contributed by atoms with Crippen LogP contribution in [0, 0.1) is 16.5 Å². The number of nitroso groups, excluding NO2 is 1. The average Bonchev–Trinajstić information content (AvgIpc) is 2.38. The Hall–Kier alpha value is -2.58. The fourth-order valence-electron chi connectivity index (χ4n) is 1.67. The van der Waals surface area contributed by atoms with Crippen molar-refractivity contribution in [1.29, 1.82) is 0 Å². The van der Waals surface area contributed by atoms with Gasteiger partial charge in [-0.3, -0.25) is 0 Å². The summed E-state index contributed by atoms with van der Waals surface area (Å²) >= 11 is 0. The molecule has 0 heterocycles. The number of benzene rings is 1. The Balaban J connectivity index is 3.41. The summed E-state index contributed by atoms with van der Waals surface area (Å²) in [6, 6.07) is 1.06. The Bertz CT molecular complexity index is 665. The van der Waals surface area contributed by atoms with Crippen LogP contribution in [0.1, 0.15) is 41.5 Å². The summed E-state index contributed by atoms with van der Waals surface area (Å²) in [6.45, 7) is 9.25. The minimum atomic E-state index is -1.25. The van der Waals surface area contributed by atoms with E-state index in [0.717, 1.165) is 0 Å². The Kier molecular flexibility index (Phi) is 5.83. The third-order valence-electron chi connectivity index (χ3n) is 2.54. The minimum Gasteiger partial charge on any atom is -0.443 e. The van der Waals surface area contributed by atoms with Crippen molar-refractivity contribution in [2.75, 3.05) is 4.90 Å². The third-order valence-corrected chi connectivity index (χ3v) is 2.54. The number of imide groups is 1. The third kappa shape index (κ3) is 5.77. The van der Waals surface area contributed by atoms with E-state index in [0.29, 0.717) is 12.1 Å². The molecule has 2 amide bonds. The highest BCUT2D eigenvalue weighted by Gasteiger charge is 2.35. The molecule has 1 rings (SSSR count). The molecule has 1 N–H and O–H groups in total. The highest BCUT2D eigenvalue weighted by atomic mass is 19.1. The van der Waals surface area contributed by atoms with Crippen molar-refractivity contribution < 1.29 is 33.0 Å². The Labute approximate surface area is 143 Å². The Morgan fingerprint density at radius 3 is 1.72 bits per heavy atom. The van der Waals surface area contributed by atoms with Crippen LogP contribution < -0.4 is 10.1 Å². The number of anilines is 1. The zero-order valence-electron chi connectivity index (χ0n) is 14.9. The maximum absolute atomic E-state index is 14.3. The van der Waals surface area contributed by atoms with Gasteiger partial charge in [0.2, 0.25) is 5.82 Å². The maximum atomic E-state index is 14.3. The summed E-state index contributed by atoms with van der Waals surface area (Å²) in [7, 11) is 0. The van der Waals surface area contributed by atoms with E-state index in [9.17, 15) is 23.3 Å². The van der Waals surface area contributed by atoms with Crippen LogP contribution in [0.2, 0.25) is 0 Å². The van der Waals surface area contributed by atoms with Crippen LogP contribution in [0.3, 0.4) is 0 Å². The topological polar surface area (TPSA) is 86.9 Å². The van der Waals surface area contributed by atoms with Crippen LogP contribution in [0.15, 0.2) is 12.1 Å². The number of rotatable bonds is 2. The summed E-state index contributed by atoms with van der Waals surface area (Å²) < 4.78 is 38.2. The van der Waals surface area contributed by atoms with Gasteiger partial charge >= 0.3 is 12.2 Å². The molecule has 0 radical (unpaired) electrons. The lowest BCUT2D eigenvalue weighted by molar-refractivity contribution is -0.382. The van der Waals surface area contributed by atoms with Crippen molar-refractivity contribution in [1.82, 2.24) is 0 Å². The second-order valence-electron chi connectivity index (χ2n) is 7.18. The monoisotopic (exact) mass is 359 g/mol. The van der Waals surface area contributed by atoms with Gasteiger partial charge in [-0.25, -0.2) is 14.0 Å². The number of carbonyl (C=O) groups excluding carboxylic acids is 2. The minimum absolute atomic E-state index is 0.240. The van der Waals surface area contributed by atoms with Crippen LogP contribution in [-0.2, 0) is 9.47 Å². The molecule has 0 bridgehead atoms. The number of amides is 2. The first kappa shape index (κ1) is 20.5. The van der Waals surface area contributed by atoms with E-state index < -0.39 is 46.4 Å². The van der Waals surface area contributed by atoms with E-state index in [1.165, 1.54) is 5.18 Å². The second kappa shape index (κ2) is 7.12. The van der Waals surface area contributed by atoms with E-state index in [1.807, 2.05) is 0 Å². The van der Waals surface area contributed by atoms with E-state index in [2.05, 4.69) is 0 Å². The summed E-state index contributed by atoms with van der Waals surface area (Å²) in [5, 5.41) is 1.22. The number of nitrogens with one attached hydrogen (secondary N) is 1. The van der Waals surface area contributed by atoms with Gasteiger partial charge in [0.15, 0.2) is 5.82 Å². The second-order valence-corrected chi connectivity index (χ2v) is 7.18. The SMILES string of the molecule is CC(C)(C)OC(=O)N(C(=O)OC(C)(C)C)c1cc(F)c([NH+]=O)cc1F. The van der Waals surface area contributed by atoms with E-state index in [4.69, 9.17) is 9.47 Å². The van der Waals surface area contributed by atoms with E-state index in [-0.39, 0.29) is 4.90 Å². The van der Waals surface area contributed by atoms with Gasteiger partial charge in [0, 0.05) is 16.2 Å². The van der Waals surface area contributed by atoms with Gasteiger partial charge in [0.1, 0.15) is 11.2 Å². The fourth-order valence-corrected chi connectivity index (χ4v) is 1.67. The molecule has 0 fully saturated rings. The number of nitrogens with zero attached hydrogens (tertiary/aromatic N) is 1. The highest BCUT2D eigenvalue weighted by molar-refractivity contribution is 6.09. The molecule has 0 saturated heterocycles. The quantitative estimate of drug-likeness (QED) is 0.877. The highest BCUT2D eigenvalue weighted by Crippen LogP contribution is 2.27. The molecule has 0 spiro atoms. The Morgan fingerprint density at radius 1 is 0.920 bits per heavy atom. The van der Waals surface area contributed by atoms with Crippen LogP contribution in [0.4, 0.5) is 29.7 Å². The molecule has 0 aliphatic carbocycles. The van der Waals surface area contributed by atoms with Gasteiger partial charge in [0.25, 0.3) is 5.69 Å². The molecule has 0 atom stereocenters. The molecular formula is C16H21F2N2O5+. The molecule has 0 aromatic heterocycles. The van der Waals surface area contributed by atoms with Crippen molar-refractivity contribution in [3.8, 4) is 0 Å². The lowest BCUT2D eigenvalue weighted by atomic mass is 10.2. The van der Waals surface area contributed by atoms with Gasteiger partial charge in [-0.1, -0.05) is 0 Å². The fraction of sp³-hybridized carbons (Fsp3) is 0.500. The van der Waals surface area contributed by atoms with Crippen LogP contribution in [0.25, 0.3) is 0 Å². The van der Waals surface area contributed by atoms with Gasteiger partial charge in [-0.05, 0) is 41.5 Å². The summed E-state index contributed by atoms with van der Waals surface area (Å²) in [4.78, 5) is 35.5. The first-order chi connectivity index (χ1) is 11.2. The van der Waals surface area contributed by atoms with Crippen molar-refractivity contribution in [3.05, 3.63) is 28.7 Å². The standard InChI is InChI=1S/C16H20F2N2O5/c1-15(2,3)24-13(21)20(14(22)25-16(4,5)6)12-8-9(17)11(19-23)7-10(12)18/h7-8H,1-6H3/p+1. The van der Waals surface area contributed by atoms with E-state index in [1.54, 1.807) is 41.5 Å². The van der Waals surface area contributed by atoms with Crippen LogP contribution in [-0.4, -0.2) is 23.4 Å². The number of hydrogen-bond donors (Lipinski definition) is 1. The first-order valence-electron chi connectivity index (χ1n) is 7.38. The lowest BCUT2D eigenvalue weighted by Gasteiger charge is -2.28. The molecule has 1 aromatic rings. The summed E-state index contributed by atoms with van der Waals surface area (Å²) in [5.74, 6) is -2.33. The average molecular weight is 359 g/mol. The first-order valence-corrected chi connectivity index (χ1v) is 7.38. The zero-order chi connectivity index (χ0) is 19.6. The van der Waals surface area contributed by atoms with Crippen molar-refractivity contribution in [2.24, 2.45) is 0 Å². The molecule has 0 aliphatic heterocycles. The molecule has 138 valence electrons. The molecule has 0 aliphatic rings. The molecule has 0 saturated carbocycles. The number of hydrogen-bond acceptors (Lipinski definition) is 5. The van der Waals surface area contributed by atoms with Crippen LogP contribution >= 0.6 is 0 Å². The van der Waals surface area contributed by atoms with Crippen molar-refractivity contribution >= 4 is 23.6 Å². The largest absolute Gasteiger partial charge is 0.443 e. The predicted molar refractivity (Wildman–Crippen MR) is 85.3 cm³/mol. The smallest absolute Gasteiger partial charge is 0.424 e. The molecule has 9 heteroatoms. The van der Waals surface area contributed by atoms with Crippen LogP contribution in [0.5, 0.6) is 0 Å². The Morgan fingerprint density at radius 2 is 1.36 bits per heavy atom. The van der Waals surface area contributed by atoms with E-state index >= 15 is 0 Å². The zero-order valence-corrected chi connectivity index (χ0v) is 14.9. The summed E-state index contributed by atoms with van der Waals surface area (Å²) in [5.41, 5.74) is -3.40. The number of carbonyl (C=O) groups is 2. The summed E-state index contributed by atoms with van der Waals surface area (Å²) in [6.07, 6.45) is -2.49. The van der Waals surface area contributed by atoms with Crippen molar-refractivity contribution in [3.63, 3.8) is 0 Å². The number of halogens is 2. The molecule has 1 aromatic carbocycles. The normalized spacial score (nSPS) is 11.7. The predicted octanol–water partition coefficient (Wildman–Crippen LogP) is 3.12. The molecule has 7 nitrogen and oxygen atoms in total. The van der Waals surface area contributed by atoms with Crippen molar-refractivity contribution in [2.45, 2.75) is 52.7 Å².